The smallest absolute Gasteiger partial charge is 0.320 e. The molecule has 19 heavy (non-hydrogen) atoms. The van der Waals surface area contributed by atoms with Gasteiger partial charge >= 0.3 is 17.9 Å². The van der Waals surface area contributed by atoms with Gasteiger partial charge in [0.2, 0.25) is 0 Å². The highest BCUT2D eigenvalue weighted by Gasteiger charge is 2.39. The summed E-state index contributed by atoms with van der Waals surface area (Å²) in [5.74, 6) is -3.48. The third-order valence-electron chi connectivity index (χ3n) is 3.23. The van der Waals surface area contributed by atoms with E-state index in [4.69, 9.17) is 0 Å². The molecule has 0 spiro atoms. The molecular formula is C13H18O6. The number of carbonyl (C=O) groups is 3. The molecule has 0 aromatic carbocycles. The van der Waals surface area contributed by atoms with Crippen LogP contribution in [0.1, 0.15) is 12.8 Å². The van der Waals surface area contributed by atoms with Gasteiger partial charge < -0.3 is 14.2 Å². The van der Waals surface area contributed by atoms with E-state index in [9.17, 15) is 14.4 Å². The van der Waals surface area contributed by atoms with E-state index < -0.39 is 23.8 Å². The van der Waals surface area contributed by atoms with E-state index >= 15 is 0 Å². The molecule has 6 nitrogen and oxygen atoms in total. The summed E-state index contributed by atoms with van der Waals surface area (Å²) in [5.41, 5.74) is 0. The average molecular weight is 270 g/mol. The number of esters is 3. The Hall–Kier alpha value is -1.85. The van der Waals surface area contributed by atoms with Crippen molar-refractivity contribution in [1.82, 2.24) is 0 Å². The fourth-order valence-corrected chi connectivity index (χ4v) is 2.23. The van der Waals surface area contributed by atoms with Crippen LogP contribution >= 0.6 is 0 Å². The van der Waals surface area contributed by atoms with Crippen LogP contribution in [0.4, 0.5) is 0 Å². The van der Waals surface area contributed by atoms with Crippen LogP contribution in [0.2, 0.25) is 0 Å². The fourth-order valence-electron chi connectivity index (χ4n) is 2.23. The highest BCUT2D eigenvalue weighted by Crippen LogP contribution is 2.31. The minimum atomic E-state index is -1.04. The summed E-state index contributed by atoms with van der Waals surface area (Å²) >= 11 is 0. The monoisotopic (exact) mass is 270 g/mol. The lowest BCUT2D eigenvalue weighted by Gasteiger charge is -2.26. The number of allylic oxidation sites excluding steroid dienone is 2. The highest BCUT2D eigenvalue weighted by atomic mass is 16.5. The van der Waals surface area contributed by atoms with E-state index in [0.717, 1.165) is 0 Å². The van der Waals surface area contributed by atoms with Gasteiger partial charge in [0, 0.05) is 5.92 Å². The van der Waals surface area contributed by atoms with Gasteiger partial charge in [-0.15, -0.1) is 0 Å². The van der Waals surface area contributed by atoms with Crippen molar-refractivity contribution in [2.75, 3.05) is 21.3 Å². The van der Waals surface area contributed by atoms with Crippen molar-refractivity contribution in [3.8, 4) is 0 Å². The highest BCUT2D eigenvalue weighted by molar-refractivity contribution is 5.95. The molecule has 0 radical (unpaired) electrons. The number of ether oxygens (including phenoxy) is 3. The molecule has 0 aromatic heterocycles. The van der Waals surface area contributed by atoms with Gasteiger partial charge in [-0.1, -0.05) is 12.2 Å². The molecule has 0 fully saturated rings. The first-order valence-electron chi connectivity index (χ1n) is 5.95. The van der Waals surface area contributed by atoms with Crippen LogP contribution < -0.4 is 0 Å². The van der Waals surface area contributed by atoms with E-state index in [1.165, 1.54) is 21.3 Å². The normalized spacial score (nSPS) is 21.9. The summed E-state index contributed by atoms with van der Waals surface area (Å²) in [4.78, 5) is 34.9. The molecule has 0 N–H and O–H groups in total. The lowest BCUT2D eigenvalue weighted by Crippen LogP contribution is -2.35. The summed E-state index contributed by atoms with van der Waals surface area (Å²) in [6, 6.07) is 0. The molecule has 106 valence electrons. The first kappa shape index (κ1) is 15.2. The van der Waals surface area contributed by atoms with E-state index in [1.54, 1.807) is 12.2 Å². The largest absolute Gasteiger partial charge is 0.469 e. The number of hydrogen-bond acceptors (Lipinski definition) is 6. The summed E-state index contributed by atoms with van der Waals surface area (Å²) in [7, 11) is 3.74. The Kier molecular flexibility index (Phi) is 5.54. The molecule has 0 saturated heterocycles. The topological polar surface area (TPSA) is 78.9 Å². The molecule has 0 bridgehead atoms. The zero-order valence-corrected chi connectivity index (χ0v) is 11.3. The van der Waals surface area contributed by atoms with Gasteiger partial charge in [-0.25, -0.2) is 0 Å². The van der Waals surface area contributed by atoms with Crippen molar-refractivity contribution < 1.29 is 28.6 Å². The third kappa shape index (κ3) is 3.56. The Bertz CT molecular complexity index is 371. The second-order valence-electron chi connectivity index (χ2n) is 4.31. The van der Waals surface area contributed by atoms with E-state index in [0.29, 0.717) is 12.8 Å². The van der Waals surface area contributed by atoms with Crippen molar-refractivity contribution in [3.63, 3.8) is 0 Å². The zero-order chi connectivity index (χ0) is 14.4. The van der Waals surface area contributed by atoms with Gasteiger partial charge in [0.25, 0.3) is 0 Å². The Balaban J connectivity index is 2.88. The Labute approximate surface area is 111 Å². The van der Waals surface area contributed by atoms with Gasteiger partial charge in [0.15, 0.2) is 5.92 Å². The maximum absolute atomic E-state index is 11.7. The molecule has 0 amide bonds. The van der Waals surface area contributed by atoms with Gasteiger partial charge in [0.1, 0.15) is 0 Å². The van der Waals surface area contributed by atoms with Crippen LogP contribution in [0.15, 0.2) is 12.2 Å². The average Bonchev–Trinajstić information content (AvgIpc) is 2.46. The Morgan fingerprint density at radius 1 is 1.05 bits per heavy atom. The maximum atomic E-state index is 11.7. The van der Waals surface area contributed by atoms with E-state index in [2.05, 4.69) is 14.2 Å². The SMILES string of the molecule is COC(=O)C(C(=O)OC)[C@@H]1C=CC[C@@H](C(=O)OC)C1. The number of methoxy groups -OCH3 is 3. The number of carbonyl (C=O) groups excluding carboxylic acids is 3. The minimum absolute atomic E-state index is 0.345. The van der Waals surface area contributed by atoms with Crippen LogP contribution in [0, 0.1) is 17.8 Å². The first-order valence-corrected chi connectivity index (χ1v) is 5.95. The van der Waals surface area contributed by atoms with Crippen molar-refractivity contribution in [1.29, 1.82) is 0 Å². The zero-order valence-electron chi connectivity index (χ0n) is 11.3. The molecule has 0 aromatic rings. The molecular weight excluding hydrogens is 252 g/mol. The molecule has 0 aliphatic heterocycles. The van der Waals surface area contributed by atoms with Crippen molar-refractivity contribution in [2.45, 2.75) is 12.8 Å². The predicted octanol–water partition coefficient (Wildman–Crippen LogP) is 0.704. The lowest BCUT2D eigenvalue weighted by molar-refractivity contribution is -0.162. The Morgan fingerprint density at radius 3 is 2.11 bits per heavy atom. The molecule has 1 rings (SSSR count). The van der Waals surface area contributed by atoms with Crippen LogP contribution in [0.5, 0.6) is 0 Å². The summed E-state index contributed by atoms with van der Waals surface area (Å²) < 4.78 is 13.9. The van der Waals surface area contributed by atoms with Gasteiger partial charge in [-0.3, -0.25) is 14.4 Å². The molecule has 0 unspecified atom stereocenters. The quantitative estimate of drug-likeness (QED) is 0.324. The van der Waals surface area contributed by atoms with Crippen LogP contribution in [-0.2, 0) is 28.6 Å². The third-order valence-corrected chi connectivity index (χ3v) is 3.23. The second-order valence-corrected chi connectivity index (χ2v) is 4.31. The number of rotatable bonds is 4. The van der Waals surface area contributed by atoms with Gasteiger partial charge in [-0.05, 0) is 12.8 Å². The lowest BCUT2D eigenvalue weighted by atomic mass is 9.79. The molecule has 0 heterocycles. The second kappa shape index (κ2) is 6.92. The van der Waals surface area contributed by atoms with Crippen molar-refractivity contribution in [3.05, 3.63) is 12.2 Å². The van der Waals surface area contributed by atoms with E-state index in [1.807, 2.05) is 0 Å². The predicted molar refractivity (Wildman–Crippen MR) is 64.9 cm³/mol. The van der Waals surface area contributed by atoms with Crippen LogP contribution in [0.25, 0.3) is 0 Å². The molecule has 0 saturated carbocycles. The molecule has 2 atom stereocenters. The minimum Gasteiger partial charge on any atom is -0.469 e. The van der Waals surface area contributed by atoms with Crippen molar-refractivity contribution >= 4 is 17.9 Å². The first-order chi connectivity index (χ1) is 9.04. The van der Waals surface area contributed by atoms with Gasteiger partial charge in [-0.2, -0.15) is 0 Å². The maximum Gasteiger partial charge on any atom is 0.320 e. The molecule has 1 aliphatic carbocycles. The standard InChI is InChI=1S/C13H18O6/c1-17-11(14)9-6-4-5-8(7-9)10(12(15)18-2)13(16)19-3/h4-5,8-10H,6-7H2,1-3H3/t8-,9-/m1/s1. The van der Waals surface area contributed by atoms with E-state index in [-0.39, 0.29) is 11.9 Å². The summed E-state index contributed by atoms with van der Waals surface area (Å²) in [6.07, 6.45) is 4.42. The van der Waals surface area contributed by atoms with Crippen molar-refractivity contribution in [2.24, 2.45) is 17.8 Å². The van der Waals surface area contributed by atoms with Crippen LogP contribution in [0.3, 0.4) is 0 Å². The molecule has 6 heteroatoms. The number of hydrogen-bond donors (Lipinski definition) is 0. The fraction of sp³-hybridized carbons (Fsp3) is 0.615. The molecule has 1 aliphatic rings. The van der Waals surface area contributed by atoms with Gasteiger partial charge in [0.05, 0.1) is 27.2 Å². The summed E-state index contributed by atoms with van der Waals surface area (Å²) in [6.45, 7) is 0. The van der Waals surface area contributed by atoms with Crippen LogP contribution in [-0.4, -0.2) is 39.2 Å². The summed E-state index contributed by atoms with van der Waals surface area (Å²) in [5, 5.41) is 0. The Morgan fingerprint density at radius 2 is 1.63 bits per heavy atom.